The number of carbonyl (C=O) groups is 3. The lowest BCUT2D eigenvalue weighted by Gasteiger charge is -2.28. The number of amides is 2. The number of halogens is 6. The van der Waals surface area contributed by atoms with Gasteiger partial charge in [0.05, 0.1) is 19.5 Å². The van der Waals surface area contributed by atoms with Crippen molar-refractivity contribution in [3.8, 4) is 0 Å². The van der Waals surface area contributed by atoms with Gasteiger partial charge in [0, 0.05) is 57.2 Å². The van der Waals surface area contributed by atoms with Crippen molar-refractivity contribution in [3.05, 3.63) is 93.6 Å². The van der Waals surface area contributed by atoms with Crippen LogP contribution in [-0.4, -0.2) is 82.1 Å². The minimum Gasteiger partial charge on any atom is -0.333 e. The molecule has 4 N–H and O–H groups in total. The molecule has 0 fully saturated rings. The number of aromatic nitrogens is 6. The summed E-state index contributed by atoms with van der Waals surface area (Å²) in [5.74, 6) is -5.11. The molecule has 0 aliphatic carbocycles. The molecule has 0 bridgehead atoms. The van der Waals surface area contributed by atoms with Gasteiger partial charge >= 0.3 is 0 Å². The van der Waals surface area contributed by atoms with Gasteiger partial charge in [-0.1, -0.05) is 13.8 Å². The monoisotopic (exact) mass is 764 g/mol. The van der Waals surface area contributed by atoms with E-state index in [0.29, 0.717) is 68.6 Å². The first kappa shape index (κ1) is 41.6. The molecule has 19 heteroatoms. The Morgan fingerprint density at radius 3 is 1.57 bits per heavy atom. The number of nitrogens with two attached hydrogens (primary N) is 2. The SMILES string of the molecule is CC(C)N.Cc1nnc2n1CCN(C(=O)CC(=O)Cc1cc(F)c(F)cc1F)C2.Cc1nnc2n1CCN(C(=O)C[C@H](N)Cc1cc(F)c(F)cc1F)C2. The van der Waals surface area contributed by atoms with Crippen molar-refractivity contribution in [2.24, 2.45) is 11.5 Å². The van der Waals surface area contributed by atoms with Crippen LogP contribution in [0.5, 0.6) is 0 Å². The molecule has 2 aliphatic heterocycles. The summed E-state index contributed by atoms with van der Waals surface area (Å²) in [5.41, 5.74) is 10.7. The Labute approximate surface area is 307 Å². The second kappa shape index (κ2) is 18.2. The highest BCUT2D eigenvalue weighted by Gasteiger charge is 2.27. The lowest BCUT2D eigenvalue weighted by Crippen LogP contribution is -2.41. The molecule has 0 unspecified atom stereocenters. The van der Waals surface area contributed by atoms with Crippen LogP contribution in [0.2, 0.25) is 0 Å². The average Bonchev–Trinajstić information content (AvgIpc) is 3.66. The normalized spacial score (nSPS) is 14.0. The highest BCUT2D eigenvalue weighted by Crippen LogP contribution is 2.19. The third-order valence-electron chi connectivity index (χ3n) is 8.42. The number of hydrogen-bond acceptors (Lipinski definition) is 9. The molecule has 2 aromatic carbocycles. The lowest BCUT2D eigenvalue weighted by atomic mass is 10.0. The van der Waals surface area contributed by atoms with Gasteiger partial charge in [0.15, 0.2) is 34.9 Å². The van der Waals surface area contributed by atoms with Crippen molar-refractivity contribution in [2.75, 3.05) is 13.1 Å². The zero-order valence-corrected chi connectivity index (χ0v) is 30.3. The molecule has 6 rings (SSSR count). The first-order valence-electron chi connectivity index (χ1n) is 17.1. The van der Waals surface area contributed by atoms with Crippen LogP contribution >= 0.6 is 0 Å². The summed E-state index contributed by atoms with van der Waals surface area (Å²) in [4.78, 5) is 39.7. The number of aryl methyl sites for hydroxylation is 2. The Morgan fingerprint density at radius 2 is 1.07 bits per heavy atom. The fraction of sp³-hybridized carbons (Fsp3) is 0.457. The quantitative estimate of drug-likeness (QED) is 0.155. The third kappa shape index (κ3) is 10.9. The summed E-state index contributed by atoms with van der Waals surface area (Å²) in [6, 6.07) is 1.92. The molecule has 2 amide bonds. The van der Waals surface area contributed by atoms with Gasteiger partial charge in [-0.25, -0.2) is 26.3 Å². The number of hydrogen-bond donors (Lipinski definition) is 2. The summed E-state index contributed by atoms with van der Waals surface area (Å²) in [6.45, 7) is 10.2. The van der Waals surface area contributed by atoms with Crippen molar-refractivity contribution < 1.29 is 40.7 Å². The molecule has 0 saturated heterocycles. The van der Waals surface area contributed by atoms with Gasteiger partial charge in [-0.15, -0.1) is 20.4 Å². The molecule has 1 atom stereocenters. The fourth-order valence-corrected chi connectivity index (χ4v) is 5.71. The van der Waals surface area contributed by atoms with Gasteiger partial charge in [0.2, 0.25) is 11.8 Å². The van der Waals surface area contributed by atoms with E-state index in [2.05, 4.69) is 20.4 Å². The van der Waals surface area contributed by atoms with Gasteiger partial charge in [0.1, 0.15) is 29.1 Å². The molecular formula is C35H42F6N10O3. The number of ketones is 1. The van der Waals surface area contributed by atoms with E-state index in [-0.39, 0.29) is 36.4 Å². The van der Waals surface area contributed by atoms with Crippen molar-refractivity contribution >= 4 is 17.6 Å². The molecule has 2 aliphatic rings. The number of benzene rings is 2. The molecule has 0 spiro atoms. The first-order valence-corrected chi connectivity index (χ1v) is 17.1. The van der Waals surface area contributed by atoms with Crippen LogP contribution in [0, 0.1) is 48.8 Å². The van der Waals surface area contributed by atoms with E-state index in [4.69, 9.17) is 11.5 Å². The summed E-state index contributed by atoms with van der Waals surface area (Å²) in [6.07, 6.45) is -0.993. The molecule has 292 valence electrons. The predicted molar refractivity (Wildman–Crippen MR) is 182 cm³/mol. The standard InChI is InChI=1S/C16H18F3N5O.C16H15F3N4O2.C3H9N/c1-9-21-22-15-8-23(2-3-24(9)15)16(25)6-11(20)4-10-5-13(18)14(19)7-12(10)17;1-9-20-21-15-8-22(2-3-23(9)15)16(25)6-11(24)4-10-5-13(18)14(19)7-12(10)17;1-3(2)4/h5,7,11H,2-4,6,8,20H2,1H3;5,7H,2-4,6,8H2,1H3;3H,4H2,1-2H3/t11-;;/m1../s1. The van der Waals surface area contributed by atoms with Crippen LogP contribution in [0.15, 0.2) is 24.3 Å². The second-order valence-corrected chi connectivity index (χ2v) is 13.3. The van der Waals surface area contributed by atoms with Crippen LogP contribution in [0.4, 0.5) is 26.3 Å². The summed E-state index contributed by atoms with van der Waals surface area (Å²) < 4.78 is 83.3. The Balaban J connectivity index is 0.000000219. The van der Waals surface area contributed by atoms with Gasteiger partial charge in [-0.3, -0.25) is 14.4 Å². The van der Waals surface area contributed by atoms with Crippen LogP contribution in [0.3, 0.4) is 0 Å². The van der Waals surface area contributed by atoms with Crippen molar-refractivity contribution in [2.45, 2.75) is 91.6 Å². The van der Waals surface area contributed by atoms with Crippen LogP contribution < -0.4 is 11.5 Å². The van der Waals surface area contributed by atoms with E-state index in [1.54, 1.807) is 4.90 Å². The Bertz CT molecular complexity index is 1980. The Kier molecular flexibility index (Phi) is 14.0. The highest BCUT2D eigenvalue weighted by atomic mass is 19.2. The molecule has 13 nitrogen and oxygen atoms in total. The predicted octanol–water partition coefficient (Wildman–Crippen LogP) is 3.21. The van der Waals surface area contributed by atoms with Gasteiger partial charge in [-0.05, 0) is 49.6 Å². The number of Topliss-reactive ketones (excluding diaryl/α,β-unsaturated/α-hetero) is 1. The molecule has 54 heavy (non-hydrogen) atoms. The van der Waals surface area contributed by atoms with E-state index < -0.39 is 65.5 Å². The Morgan fingerprint density at radius 1 is 0.648 bits per heavy atom. The number of rotatable bonds is 8. The maximum atomic E-state index is 13.7. The van der Waals surface area contributed by atoms with E-state index >= 15 is 0 Å². The maximum absolute atomic E-state index is 13.7. The van der Waals surface area contributed by atoms with Gasteiger partial charge in [0.25, 0.3) is 0 Å². The minimum atomic E-state index is -1.32. The first-order chi connectivity index (χ1) is 25.4. The van der Waals surface area contributed by atoms with E-state index in [1.165, 1.54) is 4.90 Å². The molecule has 2 aromatic heterocycles. The maximum Gasteiger partial charge on any atom is 0.230 e. The van der Waals surface area contributed by atoms with E-state index in [9.17, 15) is 40.7 Å². The largest absolute Gasteiger partial charge is 0.333 e. The van der Waals surface area contributed by atoms with Gasteiger partial charge in [-0.2, -0.15) is 0 Å². The zero-order chi connectivity index (χ0) is 39.9. The van der Waals surface area contributed by atoms with E-state index in [0.717, 1.165) is 17.7 Å². The molecular weight excluding hydrogens is 722 g/mol. The topological polar surface area (TPSA) is 171 Å². The second-order valence-electron chi connectivity index (χ2n) is 13.3. The van der Waals surface area contributed by atoms with Crippen molar-refractivity contribution in [3.63, 3.8) is 0 Å². The van der Waals surface area contributed by atoms with Crippen molar-refractivity contribution in [1.82, 2.24) is 39.3 Å². The number of fused-ring (bicyclic) bond motifs is 2. The molecule has 0 saturated carbocycles. The zero-order valence-electron chi connectivity index (χ0n) is 30.3. The molecule has 4 aromatic rings. The Hall–Kier alpha value is -5.17. The number of nitrogens with zero attached hydrogens (tertiary/aromatic N) is 8. The summed E-state index contributed by atoms with van der Waals surface area (Å²) >= 11 is 0. The highest BCUT2D eigenvalue weighted by molar-refractivity contribution is 5.98. The van der Waals surface area contributed by atoms with Gasteiger partial charge < -0.3 is 30.4 Å². The average molecular weight is 765 g/mol. The minimum absolute atomic E-state index is 0.0223. The summed E-state index contributed by atoms with van der Waals surface area (Å²) in [7, 11) is 0. The number of carbonyl (C=O) groups excluding carboxylic acids is 3. The fourth-order valence-electron chi connectivity index (χ4n) is 5.71. The molecule has 0 radical (unpaired) electrons. The smallest absolute Gasteiger partial charge is 0.230 e. The van der Waals surface area contributed by atoms with Crippen molar-refractivity contribution in [1.29, 1.82) is 0 Å². The van der Waals surface area contributed by atoms with Crippen LogP contribution in [0.25, 0.3) is 0 Å². The van der Waals surface area contributed by atoms with Crippen LogP contribution in [0.1, 0.15) is 61.1 Å². The van der Waals surface area contributed by atoms with E-state index in [1.807, 2.05) is 36.8 Å². The summed E-state index contributed by atoms with van der Waals surface area (Å²) in [5, 5.41) is 15.9. The lowest BCUT2D eigenvalue weighted by molar-refractivity contribution is -0.136. The molecule has 4 heterocycles. The van der Waals surface area contributed by atoms with Crippen LogP contribution in [-0.2, 0) is 53.4 Å². The third-order valence-corrected chi connectivity index (χ3v) is 8.42.